The summed E-state index contributed by atoms with van der Waals surface area (Å²) >= 11 is 0. The van der Waals surface area contributed by atoms with E-state index in [1.165, 1.54) is 14.2 Å². The minimum atomic E-state index is -1.23. The number of aliphatic carboxylic acids is 4. The second kappa shape index (κ2) is 25.3. The largest absolute Gasteiger partial charge is 1.00 e. The van der Waals surface area contributed by atoms with Crippen LogP contribution in [-0.2, 0) is 28.7 Å². The predicted octanol–water partition coefficient (Wildman–Crippen LogP) is -10.6. The van der Waals surface area contributed by atoms with Crippen LogP contribution in [-0.4, -0.2) is 115 Å². The van der Waals surface area contributed by atoms with Gasteiger partial charge in [-0.25, -0.2) is 0 Å². The molecule has 0 heterocycles. The fourth-order valence-electron chi connectivity index (χ4n) is 2.42. The molecule has 0 fully saturated rings. The second-order valence-electron chi connectivity index (χ2n) is 9.41. The molecule has 14 heteroatoms. The zero-order valence-electron chi connectivity index (χ0n) is 23.1. The third-order valence-corrected chi connectivity index (χ3v) is 3.72. The van der Waals surface area contributed by atoms with Crippen molar-refractivity contribution in [3.63, 3.8) is 0 Å². The Balaban J connectivity index is -0.000000126. The summed E-state index contributed by atoms with van der Waals surface area (Å²) in [4.78, 5) is 39.8. The second-order valence-corrected chi connectivity index (χ2v) is 9.41. The number of carboxylic acid groups (broad SMARTS) is 4. The number of methoxy groups -OCH3 is 2. The average Bonchev–Trinajstić information content (AvgIpc) is 2.57. The van der Waals surface area contributed by atoms with Gasteiger partial charge in [0.2, 0.25) is 0 Å². The van der Waals surface area contributed by atoms with Crippen LogP contribution in [0.3, 0.4) is 0 Å². The van der Waals surface area contributed by atoms with E-state index in [-0.39, 0.29) is 147 Å². The smallest absolute Gasteiger partial charge is 0.550 e. The van der Waals surface area contributed by atoms with Crippen molar-refractivity contribution in [3.8, 4) is 0 Å². The summed E-state index contributed by atoms with van der Waals surface area (Å²) in [7, 11) is 15.0. The first-order valence-electron chi connectivity index (χ1n) is 10.3. The van der Waals surface area contributed by atoms with Crippen LogP contribution in [0.1, 0.15) is 32.1 Å². The van der Waals surface area contributed by atoms with E-state index in [0.717, 1.165) is 0 Å². The van der Waals surface area contributed by atoms with Gasteiger partial charge in [0, 0.05) is 50.9 Å². The fourth-order valence-corrected chi connectivity index (χ4v) is 2.42. The number of ether oxygens (including phenoxy) is 2. The van der Waals surface area contributed by atoms with Crippen LogP contribution in [0.5, 0.6) is 0 Å². The first-order valence-corrected chi connectivity index (χ1v) is 10.3. The van der Waals surface area contributed by atoms with Gasteiger partial charge in [0.05, 0.1) is 42.3 Å². The molecule has 0 aromatic heterocycles. The van der Waals surface area contributed by atoms with Crippen molar-refractivity contribution in [1.29, 1.82) is 0 Å². The molecule has 0 aliphatic heterocycles. The first-order chi connectivity index (χ1) is 14.8. The Morgan fingerprint density at radius 2 is 0.857 bits per heavy atom. The average molecular weight is 559 g/mol. The van der Waals surface area contributed by atoms with Gasteiger partial charge in [0.25, 0.3) is 0 Å². The molecule has 0 N–H and O–H groups in total. The number of nitrogens with zero attached hydrogens (tertiary/aromatic N) is 2. The number of quaternary nitrogens is 2. The molecule has 0 rings (SSSR count). The van der Waals surface area contributed by atoms with E-state index < -0.39 is 23.9 Å². The Bertz CT molecular complexity index is 544. The van der Waals surface area contributed by atoms with E-state index in [0.29, 0.717) is 22.1 Å². The maximum absolute atomic E-state index is 10.3. The minimum absolute atomic E-state index is 0. The summed E-state index contributed by atoms with van der Waals surface area (Å²) in [6, 6.07) is 0. The van der Waals surface area contributed by atoms with E-state index in [2.05, 4.69) is 0 Å². The number of carbonyl (C=O) groups is 4. The van der Waals surface area contributed by atoms with E-state index in [1.807, 2.05) is 42.3 Å². The maximum atomic E-state index is 10.3. The van der Waals surface area contributed by atoms with Crippen molar-refractivity contribution in [2.24, 2.45) is 0 Å². The maximum Gasteiger partial charge on any atom is 1.00 e. The van der Waals surface area contributed by atoms with Crippen molar-refractivity contribution in [1.82, 2.24) is 0 Å². The number of carboxylic acids is 4. The molecule has 0 aliphatic carbocycles. The zero-order chi connectivity index (χ0) is 26.8. The SMILES string of the molecule is COC(CC(=O)[O-])C[N+](C)(C)C.COC(CC(=O)[O-])C[N+](C)(C)C.O=C([O-])CCCC(=O)[O-].[K+].[K+]. The molecule has 196 valence electrons. The normalized spacial score (nSPS) is 12.1. The molecule has 2 unspecified atom stereocenters. The Kier molecular flexibility index (Phi) is 33.1. The quantitative estimate of drug-likeness (QED) is 0.147. The van der Waals surface area contributed by atoms with E-state index in [4.69, 9.17) is 9.47 Å². The Hall–Kier alpha value is 0.993. The van der Waals surface area contributed by atoms with Crippen LogP contribution in [0.15, 0.2) is 0 Å². The van der Waals surface area contributed by atoms with Crippen LogP contribution in [0.25, 0.3) is 0 Å². The van der Waals surface area contributed by atoms with Gasteiger partial charge >= 0.3 is 103 Å². The van der Waals surface area contributed by atoms with Gasteiger partial charge in [-0.15, -0.1) is 0 Å². The van der Waals surface area contributed by atoms with Crippen LogP contribution >= 0.6 is 0 Å². The van der Waals surface area contributed by atoms with E-state index >= 15 is 0 Å². The van der Waals surface area contributed by atoms with E-state index in [1.54, 1.807) is 0 Å². The van der Waals surface area contributed by atoms with Crippen LogP contribution < -0.4 is 123 Å². The predicted molar refractivity (Wildman–Crippen MR) is 111 cm³/mol. The molecule has 2 atom stereocenters. The van der Waals surface area contributed by atoms with Gasteiger partial charge in [-0.2, -0.15) is 0 Å². The first kappa shape index (κ1) is 45.9. The molecular weight excluding hydrogens is 518 g/mol. The minimum Gasteiger partial charge on any atom is -0.550 e. The molecule has 0 saturated heterocycles. The van der Waals surface area contributed by atoms with Crippen molar-refractivity contribution < 1.29 is 161 Å². The Labute approximate surface area is 294 Å². The standard InChI is InChI=1S/2C8H17NO3.C5H8O4.2K/c2*1-9(2,3)6-7(12-4)5-8(10)11;6-4(7)2-1-3-5(8)9;;/h2*7H,5-6H2,1-4H3;1-3H2,(H,6,7)(H,8,9);;/q;;;2*+1/p-2. The monoisotopic (exact) mass is 558 g/mol. The summed E-state index contributed by atoms with van der Waals surface area (Å²) in [6.07, 6.45) is -0.921. The molecule has 0 saturated carbocycles. The summed E-state index contributed by atoms with van der Waals surface area (Å²) in [5.41, 5.74) is 0. The fraction of sp³-hybridized carbons (Fsp3) is 0.810. The molecule has 0 bridgehead atoms. The van der Waals surface area contributed by atoms with Crippen LogP contribution in [0.4, 0.5) is 0 Å². The molecule has 0 aliphatic rings. The van der Waals surface area contributed by atoms with Crippen molar-refractivity contribution in [3.05, 3.63) is 0 Å². The number of hydrogen-bond donors (Lipinski definition) is 0. The third kappa shape index (κ3) is 45.3. The summed E-state index contributed by atoms with van der Waals surface area (Å²) in [5, 5.41) is 39.8. The molecule has 35 heavy (non-hydrogen) atoms. The van der Waals surface area contributed by atoms with Crippen molar-refractivity contribution in [2.75, 3.05) is 69.6 Å². The van der Waals surface area contributed by atoms with Crippen LogP contribution in [0, 0.1) is 0 Å². The number of carbonyl (C=O) groups excluding carboxylic acids is 4. The summed E-state index contributed by atoms with van der Waals surface area (Å²) in [6.45, 7) is 1.34. The summed E-state index contributed by atoms with van der Waals surface area (Å²) < 4.78 is 11.4. The topological polar surface area (TPSA) is 179 Å². The van der Waals surface area contributed by atoms with Crippen molar-refractivity contribution >= 4 is 23.9 Å². The van der Waals surface area contributed by atoms with Crippen molar-refractivity contribution in [2.45, 2.75) is 44.3 Å². The Morgan fingerprint density at radius 3 is 1.00 bits per heavy atom. The zero-order valence-corrected chi connectivity index (χ0v) is 29.3. The number of rotatable bonds is 14. The van der Waals surface area contributed by atoms with Gasteiger partial charge in [-0.05, 0) is 19.3 Å². The molecule has 0 aromatic carbocycles. The number of likely N-dealkylation sites (N-methyl/N-ethyl adjacent to an activating group) is 2. The molecule has 0 radical (unpaired) electrons. The van der Waals surface area contributed by atoms with Gasteiger partial charge in [-0.1, -0.05) is 0 Å². The Morgan fingerprint density at radius 1 is 0.600 bits per heavy atom. The molecule has 0 spiro atoms. The van der Waals surface area contributed by atoms with Gasteiger partial charge < -0.3 is 58.0 Å². The van der Waals surface area contributed by atoms with Crippen LogP contribution in [0.2, 0.25) is 0 Å². The third-order valence-electron chi connectivity index (χ3n) is 3.72. The van der Waals surface area contributed by atoms with Gasteiger partial charge in [0.15, 0.2) is 0 Å². The molecular formula is C21H40K2N2O10. The number of hydrogen-bond acceptors (Lipinski definition) is 10. The van der Waals surface area contributed by atoms with Gasteiger partial charge in [0.1, 0.15) is 25.3 Å². The van der Waals surface area contributed by atoms with Gasteiger partial charge in [-0.3, -0.25) is 0 Å². The molecule has 0 amide bonds. The molecule has 0 aromatic rings. The van der Waals surface area contributed by atoms with E-state index in [9.17, 15) is 39.6 Å². The summed E-state index contributed by atoms with van der Waals surface area (Å²) in [5.74, 6) is -4.57. The molecule has 12 nitrogen and oxygen atoms in total.